The van der Waals surface area contributed by atoms with Crippen molar-refractivity contribution in [3.05, 3.63) is 30.3 Å². The Bertz CT molecular complexity index is 248. The van der Waals surface area contributed by atoms with E-state index in [0.717, 1.165) is 19.4 Å². The molecule has 1 aromatic carbocycles. The molecule has 1 aromatic rings. The highest BCUT2D eigenvalue weighted by atomic mass is 16.2. The van der Waals surface area contributed by atoms with Gasteiger partial charge in [-0.3, -0.25) is 0 Å². The van der Waals surface area contributed by atoms with E-state index < -0.39 is 0 Å². The fourth-order valence-corrected chi connectivity index (χ4v) is 1.63. The van der Waals surface area contributed by atoms with Crippen LogP contribution in [0, 0.1) is 0 Å². The van der Waals surface area contributed by atoms with Crippen LogP contribution in [0.3, 0.4) is 0 Å². The Morgan fingerprint density at radius 2 is 1.67 bits per heavy atom. The summed E-state index contributed by atoms with van der Waals surface area (Å²) in [6, 6.07) is 10.4. The van der Waals surface area contributed by atoms with Gasteiger partial charge in [-0.1, -0.05) is 31.0 Å². The van der Waals surface area contributed by atoms with Crippen molar-refractivity contribution in [1.29, 1.82) is 0 Å². The van der Waals surface area contributed by atoms with E-state index in [1.54, 1.807) is 0 Å². The maximum absolute atomic E-state index is 8.64. The van der Waals surface area contributed by atoms with E-state index in [0.29, 0.717) is 6.61 Å². The van der Waals surface area contributed by atoms with Crippen molar-refractivity contribution in [1.82, 2.24) is 0 Å². The molecule has 1 rings (SSSR count). The normalized spacial score (nSPS) is 10.3. The lowest BCUT2D eigenvalue weighted by molar-refractivity contribution is 0.282. The molecule has 84 valence electrons. The van der Waals surface area contributed by atoms with Crippen LogP contribution in [0.2, 0.25) is 0 Å². The highest BCUT2D eigenvalue weighted by molar-refractivity contribution is 5.44. The van der Waals surface area contributed by atoms with Crippen LogP contribution in [0.15, 0.2) is 30.3 Å². The van der Waals surface area contributed by atoms with E-state index >= 15 is 0 Å². The van der Waals surface area contributed by atoms with Gasteiger partial charge in [0, 0.05) is 25.9 Å². The Hall–Kier alpha value is -1.02. The monoisotopic (exact) mass is 207 g/mol. The van der Waals surface area contributed by atoms with E-state index in [9.17, 15) is 0 Å². The van der Waals surface area contributed by atoms with Gasteiger partial charge in [0.15, 0.2) is 0 Å². The third kappa shape index (κ3) is 4.84. The molecule has 0 bridgehead atoms. The van der Waals surface area contributed by atoms with Gasteiger partial charge in [-0.05, 0) is 25.0 Å². The first-order valence-electron chi connectivity index (χ1n) is 5.71. The molecule has 2 nitrogen and oxygen atoms in total. The Labute approximate surface area is 92.5 Å². The molecule has 0 unspecified atom stereocenters. The largest absolute Gasteiger partial charge is 0.396 e. The van der Waals surface area contributed by atoms with Crippen molar-refractivity contribution in [3.63, 3.8) is 0 Å². The summed E-state index contributed by atoms with van der Waals surface area (Å²) in [4.78, 5) is 2.28. The van der Waals surface area contributed by atoms with Gasteiger partial charge in [-0.15, -0.1) is 0 Å². The Morgan fingerprint density at radius 1 is 1.00 bits per heavy atom. The maximum atomic E-state index is 8.64. The number of para-hydroxylation sites is 1. The number of unbranched alkanes of at least 4 members (excludes halogenated alkanes) is 3. The second-order valence-electron chi connectivity index (χ2n) is 3.89. The smallest absolute Gasteiger partial charge is 0.0431 e. The lowest BCUT2D eigenvalue weighted by Gasteiger charge is -2.18. The molecule has 0 aliphatic carbocycles. The van der Waals surface area contributed by atoms with E-state index in [-0.39, 0.29) is 0 Å². The summed E-state index contributed by atoms with van der Waals surface area (Å²) in [5.74, 6) is 0. The van der Waals surface area contributed by atoms with E-state index in [2.05, 4.69) is 36.2 Å². The number of benzene rings is 1. The van der Waals surface area contributed by atoms with Gasteiger partial charge in [-0.2, -0.15) is 0 Å². The van der Waals surface area contributed by atoms with Crippen molar-refractivity contribution < 1.29 is 5.11 Å². The number of aliphatic hydroxyl groups is 1. The molecular formula is C13H21NO. The van der Waals surface area contributed by atoms with Crippen LogP contribution in [0.25, 0.3) is 0 Å². The third-order valence-electron chi connectivity index (χ3n) is 2.60. The molecule has 0 heterocycles. The molecule has 2 heteroatoms. The Balaban J connectivity index is 2.16. The minimum absolute atomic E-state index is 0.328. The second-order valence-corrected chi connectivity index (χ2v) is 3.89. The predicted molar refractivity (Wildman–Crippen MR) is 65.3 cm³/mol. The van der Waals surface area contributed by atoms with Crippen molar-refractivity contribution in [3.8, 4) is 0 Å². The molecule has 0 aliphatic heterocycles. The summed E-state index contributed by atoms with van der Waals surface area (Å²) < 4.78 is 0. The quantitative estimate of drug-likeness (QED) is 0.695. The molecule has 0 aromatic heterocycles. The van der Waals surface area contributed by atoms with E-state index in [1.807, 2.05) is 6.07 Å². The Morgan fingerprint density at radius 3 is 2.33 bits per heavy atom. The van der Waals surface area contributed by atoms with Crippen LogP contribution >= 0.6 is 0 Å². The predicted octanol–water partition coefficient (Wildman–Crippen LogP) is 2.68. The molecule has 1 N–H and O–H groups in total. The summed E-state index contributed by atoms with van der Waals surface area (Å²) in [7, 11) is 2.13. The van der Waals surface area contributed by atoms with Crippen LogP contribution in [0.4, 0.5) is 5.69 Å². The van der Waals surface area contributed by atoms with Gasteiger partial charge in [0.25, 0.3) is 0 Å². The van der Waals surface area contributed by atoms with E-state index in [4.69, 9.17) is 5.11 Å². The molecular weight excluding hydrogens is 186 g/mol. The molecule has 0 amide bonds. The molecule has 0 atom stereocenters. The van der Waals surface area contributed by atoms with Crippen LogP contribution < -0.4 is 4.90 Å². The van der Waals surface area contributed by atoms with Gasteiger partial charge in [0.05, 0.1) is 0 Å². The van der Waals surface area contributed by atoms with Crippen molar-refractivity contribution >= 4 is 5.69 Å². The van der Waals surface area contributed by atoms with Crippen molar-refractivity contribution in [2.24, 2.45) is 0 Å². The summed E-state index contributed by atoms with van der Waals surface area (Å²) in [6.07, 6.45) is 4.48. The van der Waals surface area contributed by atoms with Gasteiger partial charge in [0.1, 0.15) is 0 Å². The van der Waals surface area contributed by atoms with Crippen LogP contribution in [0.1, 0.15) is 25.7 Å². The minimum atomic E-state index is 0.328. The van der Waals surface area contributed by atoms with Gasteiger partial charge < -0.3 is 10.0 Å². The Kier molecular flexibility index (Phi) is 5.86. The lowest BCUT2D eigenvalue weighted by Crippen LogP contribution is -2.18. The zero-order valence-electron chi connectivity index (χ0n) is 9.52. The van der Waals surface area contributed by atoms with Crippen molar-refractivity contribution in [2.45, 2.75) is 25.7 Å². The first-order chi connectivity index (χ1) is 7.34. The van der Waals surface area contributed by atoms with Crippen LogP contribution in [-0.2, 0) is 0 Å². The number of hydrogen-bond donors (Lipinski definition) is 1. The molecule has 0 spiro atoms. The molecule has 0 aliphatic rings. The first kappa shape index (κ1) is 12.1. The summed E-state index contributed by atoms with van der Waals surface area (Å²) in [6.45, 7) is 1.42. The fourth-order valence-electron chi connectivity index (χ4n) is 1.63. The second kappa shape index (κ2) is 7.30. The van der Waals surface area contributed by atoms with Gasteiger partial charge in [-0.25, -0.2) is 0 Å². The molecule has 0 saturated heterocycles. The summed E-state index contributed by atoms with van der Waals surface area (Å²) >= 11 is 0. The third-order valence-corrected chi connectivity index (χ3v) is 2.60. The number of rotatable bonds is 7. The average Bonchev–Trinajstić information content (AvgIpc) is 2.30. The van der Waals surface area contributed by atoms with Crippen LogP contribution in [-0.4, -0.2) is 25.3 Å². The first-order valence-corrected chi connectivity index (χ1v) is 5.71. The fraction of sp³-hybridized carbons (Fsp3) is 0.538. The van der Waals surface area contributed by atoms with Gasteiger partial charge >= 0.3 is 0 Å². The number of aliphatic hydroxyl groups excluding tert-OH is 1. The lowest BCUT2D eigenvalue weighted by atomic mass is 10.2. The zero-order valence-corrected chi connectivity index (χ0v) is 9.52. The molecule has 0 fully saturated rings. The standard InChI is InChI=1S/C13H21NO/c1-14(11-7-2-3-8-12-15)13-9-5-4-6-10-13/h4-6,9-10,15H,2-3,7-8,11-12H2,1H3. The highest BCUT2D eigenvalue weighted by Crippen LogP contribution is 2.12. The molecule has 15 heavy (non-hydrogen) atoms. The average molecular weight is 207 g/mol. The molecule has 0 radical (unpaired) electrons. The number of hydrogen-bond acceptors (Lipinski definition) is 2. The maximum Gasteiger partial charge on any atom is 0.0431 e. The van der Waals surface area contributed by atoms with Gasteiger partial charge in [0.2, 0.25) is 0 Å². The summed E-state index contributed by atoms with van der Waals surface area (Å²) in [5, 5.41) is 8.64. The molecule has 0 saturated carbocycles. The summed E-state index contributed by atoms with van der Waals surface area (Å²) in [5.41, 5.74) is 1.28. The topological polar surface area (TPSA) is 23.5 Å². The minimum Gasteiger partial charge on any atom is -0.396 e. The number of anilines is 1. The number of nitrogens with zero attached hydrogens (tertiary/aromatic N) is 1. The van der Waals surface area contributed by atoms with Crippen molar-refractivity contribution in [2.75, 3.05) is 25.1 Å². The SMILES string of the molecule is CN(CCCCCCO)c1ccccc1. The zero-order chi connectivity index (χ0) is 10.9. The van der Waals surface area contributed by atoms with E-state index in [1.165, 1.54) is 18.5 Å². The van der Waals surface area contributed by atoms with Crippen LogP contribution in [0.5, 0.6) is 0 Å². The highest BCUT2D eigenvalue weighted by Gasteiger charge is 1.98.